The van der Waals surface area contributed by atoms with Crippen LogP contribution in [0.25, 0.3) is 10.4 Å². The first kappa shape index (κ1) is 26.1. The largest absolute Gasteiger partial charge is 0.395 e. The number of aliphatic hydroxyl groups is 1. The summed E-state index contributed by atoms with van der Waals surface area (Å²) in [6.07, 6.45) is 4.48. The fraction of sp³-hybridized carbons (Fsp3) is 0.500. The lowest BCUT2D eigenvalue weighted by Crippen LogP contribution is -2.35. The van der Waals surface area contributed by atoms with Gasteiger partial charge in [-0.1, -0.05) is 28.8 Å². The maximum atomic E-state index is 14.6. The molecule has 1 saturated heterocycles. The smallest absolute Gasteiger partial charge is 0.146 e. The second-order valence-corrected chi connectivity index (χ2v) is 9.00. The third kappa shape index (κ3) is 6.74. The number of benzene rings is 1. The van der Waals surface area contributed by atoms with Crippen LogP contribution in [-0.2, 0) is 22.4 Å². The molecule has 1 aliphatic heterocycles. The molecule has 3 N–H and O–H groups in total. The van der Waals surface area contributed by atoms with E-state index < -0.39 is 17.9 Å². The molecule has 1 aliphatic rings. The van der Waals surface area contributed by atoms with Crippen LogP contribution in [0.2, 0.25) is 5.02 Å². The predicted octanol–water partition coefficient (Wildman–Crippen LogP) is 4.13. The number of aromatic nitrogens is 1. The molecule has 3 atom stereocenters. The van der Waals surface area contributed by atoms with Gasteiger partial charge in [0.1, 0.15) is 17.6 Å². The van der Waals surface area contributed by atoms with E-state index in [1.165, 1.54) is 6.20 Å². The van der Waals surface area contributed by atoms with E-state index in [1.54, 1.807) is 12.1 Å². The first-order chi connectivity index (χ1) is 16.4. The average molecular weight is 490 g/mol. The second-order valence-electron chi connectivity index (χ2n) is 8.56. The molecule has 0 aliphatic carbocycles. The van der Waals surface area contributed by atoms with E-state index in [2.05, 4.69) is 15.0 Å². The minimum Gasteiger partial charge on any atom is -0.395 e. The zero-order valence-electron chi connectivity index (χ0n) is 18.8. The Hall–Kier alpha value is -2.55. The molecule has 2 heterocycles. The van der Waals surface area contributed by atoms with Crippen LogP contribution in [0.15, 0.2) is 41.8 Å². The highest BCUT2D eigenvalue weighted by molar-refractivity contribution is 6.30. The number of hydrogen-bond donors (Lipinski definition) is 2. The zero-order valence-corrected chi connectivity index (χ0v) is 19.6. The summed E-state index contributed by atoms with van der Waals surface area (Å²) in [4.78, 5) is 20.4. The summed E-state index contributed by atoms with van der Waals surface area (Å²) in [5, 5.41) is 13.7. The number of carbonyl (C=O) groups excluding carboxylic acids is 1. The molecule has 10 heteroatoms. The van der Waals surface area contributed by atoms with Crippen LogP contribution < -0.4 is 5.73 Å². The molecule has 0 radical (unpaired) electrons. The first-order valence-corrected chi connectivity index (χ1v) is 11.7. The van der Waals surface area contributed by atoms with Gasteiger partial charge in [-0.15, -0.1) is 0 Å². The number of hydrogen-bond acceptors (Lipinski definition) is 6. The number of Topliss-reactive ketones (excluding diaryl/α,β-unsaturated/α-hetero) is 1. The number of halogens is 2. The van der Waals surface area contributed by atoms with Crippen molar-refractivity contribution < 1.29 is 19.0 Å². The molecule has 1 aromatic heterocycles. The van der Waals surface area contributed by atoms with E-state index in [4.69, 9.17) is 22.1 Å². The normalized spacial score (nSPS) is 16.9. The number of rotatable bonds is 11. The molecule has 1 fully saturated rings. The maximum absolute atomic E-state index is 14.6. The zero-order chi connectivity index (χ0) is 24.5. The fourth-order valence-electron chi connectivity index (χ4n) is 4.51. The Balaban J connectivity index is 1.92. The van der Waals surface area contributed by atoms with Gasteiger partial charge in [-0.25, -0.2) is 4.39 Å². The topological polar surface area (TPSA) is 134 Å². The lowest BCUT2D eigenvalue weighted by atomic mass is 9.75. The van der Waals surface area contributed by atoms with Crippen LogP contribution in [-0.4, -0.2) is 47.8 Å². The number of carbonyl (C=O) groups is 1. The molecule has 1 aromatic carbocycles. The molecule has 0 unspecified atom stereocenters. The van der Waals surface area contributed by atoms with Crippen LogP contribution in [0.5, 0.6) is 0 Å². The maximum Gasteiger partial charge on any atom is 0.146 e. The number of nitrogens with two attached hydrogens (primary N) is 1. The van der Waals surface area contributed by atoms with E-state index in [0.29, 0.717) is 35.8 Å². The minimum absolute atomic E-state index is 0.0713. The Labute approximate surface area is 202 Å². The number of nitrogens with zero attached hydrogens (tertiary/aromatic N) is 4. The lowest BCUT2D eigenvalue weighted by Gasteiger charge is -2.34. The van der Waals surface area contributed by atoms with Crippen molar-refractivity contribution in [2.75, 3.05) is 19.8 Å². The van der Waals surface area contributed by atoms with Crippen LogP contribution in [0.3, 0.4) is 0 Å². The lowest BCUT2D eigenvalue weighted by molar-refractivity contribution is -0.120. The molecule has 0 saturated carbocycles. The van der Waals surface area contributed by atoms with E-state index >= 15 is 0 Å². The van der Waals surface area contributed by atoms with Crippen LogP contribution in [0.4, 0.5) is 4.39 Å². The summed E-state index contributed by atoms with van der Waals surface area (Å²) in [7, 11) is 0. The summed E-state index contributed by atoms with van der Waals surface area (Å²) < 4.78 is 20.1. The van der Waals surface area contributed by atoms with Gasteiger partial charge in [0.2, 0.25) is 0 Å². The molecule has 34 heavy (non-hydrogen) atoms. The molecule has 0 spiro atoms. The molecule has 182 valence electrons. The highest BCUT2D eigenvalue weighted by atomic mass is 35.5. The van der Waals surface area contributed by atoms with Gasteiger partial charge in [0.05, 0.1) is 12.8 Å². The van der Waals surface area contributed by atoms with E-state index in [0.717, 1.165) is 24.6 Å². The number of ether oxygens (including phenoxy) is 1. The molecular weight excluding hydrogens is 461 g/mol. The third-order valence-electron chi connectivity index (χ3n) is 6.33. The fourth-order valence-corrected chi connectivity index (χ4v) is 4.64. The van der Waals surface area contributed by atoms with E-state index in [-0.39, 0.29) is 37.1 Å². The number of ketones is 1. The summed E-state index contributed by atoms with van der Waals surface area (Å²) in [6, 6.07) is 5.72. The number of aliphatic hydroxyl groups excluding tert-OH is 1. The number of azide groups is 1. The average Bonchev–Trinajstić information content (AvgIpc) is 2.85. The highest BCUT2D eigenvalue weighted by Gasteiger charge is 2.36. The van der Waals surface area contributed by atoms with Crippen molar-refractivity contribution in [1.29, 1.82) is 0 Å². The molecule has 0 bridgehead atoms. The Bertz CT molecular complexity index is 1010. The van der Waals surface area contributed by atoms with Crippen molar-refractivity contribution in [2.24, 2.45) is 16.8 Å². The first-order valence-electron chi connectivity index (χ1n) is 11.3. The minimum atomic E-state index is -0.981. The number of pyridine rings is 1. The van der Waals surface area contributed by atoms with E-state index in [1.807, 2.05) is 12.1 Å². The highest BCUT2D eigenvalue weighted by Crippen LogP contribution is 2.37. The quantitative estimate of drug-likeness (QED) is 0.278. The molecule has 0 amide bonds. The van der Waals surface area contributed by atoms with Gasteiger partial charge in [-0.05, 0) is 66.0 Å². The Kier molecular flexibility index (Phi) is 9.80. The summed E-state index contributed by atoms with van der Waals surface area (Å²) in [5.41, 5.74) is 16.7. The van der Waals surface area contributed by atoms with Gasteiger partial charge >= 0.3 is 0 Å². The van der Waals surface area contributed by atoms with Crippen molar-refractivity contribution >= 4 is 17.4 Å². The SMILES string of the molecule is [N-]=[N+]=N[C@H](C(=O)Cc1cncc(F)c1CC[C@H](N)CO)[C@@H](c1ccc(Cl)cc1)C1CCOCC1. The monoisotopic (exact) mass is 489 g/mol. The summed E-state index contributed by atoms with van der Waals surface area (Å²) in [5.74, 6) is -1.14. The molecule has 2 aromatic rings. The van der Waals surface area contributed by atoms with Crippen molar-refractivity contribution in [3.63, 3.8) is 0 Å². The van der Waals surface area contributed by atoms with Crippen molar-refractivity contribution in [3.8, 4) is 0 Å². The standard InChI is InChI=1S/C24H29ClFN5O3/c25-18-3-1-15(2-4-18)23(16-7-9-34-10-8-16)24(30-31-28)22(33)11-17-12-29-13-21(26)20(17)6-5-19(27)14-32/h1-4,12-13,16,19,23-24,32H,5-11,14,27H2/t19-,23-,24+/m0/s1. The van der Waals surface area contributed by atoms with Gasteiger partial charge < -0.3 is 15.6 Å². The van der Waals surface area contributed by atoms with Crippen LogP contribution in [0.1, 0.15) is 41.9 Å². The van der Waals surface area contributed by atoms with Crippen LogP contribution in [0, 0.1) is 11.7 Å². The molecule has 3 rings (SSSR count). The predicted molar refractivity (Wildman–Crippen MR) is 127 cm³/mol. The van der Waals surface area contributed by atoms with Crippen molar-refractivity contribution in [2.45, 2.75) is 50.1 Å². The van der Waals surface area contributed by atoms with Crippen molar-refractivity contribution in [3.05, 3.63) is 74.6 Å². The Morgan fingerprint density at radius 2 is 2.03 bits per heavy atom. The van der Waals surface area contributed by atoms with Gasteiger partial charge in [0.15, 0.2) is 0 Å². The Morgan fingerprint density at radius 1 is 1.32 bits per heavy atom. The summed E-state index contributed by atoms with van der Waals surface area (Å²) in [6.45, 7) is 0.915. The Morgan fingerprint density at radius 3 is 2.68 bits per heavy atom. The molecular formula is C24H29ClFN5O3. The van der Waals surface area contributed by atoms with E-state index in [9.17, 15) is 19.8 Å². The van der Waals surface area contributed by atoms with Crippen LogP contribution >= 0.6 is 11.6 Å². The van der Waals surface area contributed by atoms with Gasteiger partial charge in [0, 0.05) is 47.7 Å². The third-order valence-corrected chi connectivity index (χ3v) is 6.59. The van der Waals surface area contributed by atoms with Gasteiger partial charge in [0.25, 0.3) is 0 Å². The summed E-state index contributed by atoms with van der Waals surface area (Å²) >= 11 is 6.07. The second kappa shape index (κ2) is 12.8. The van der Waals surface area contributed by atoms with Gasteiger partial charge in [-0.2, -0.15) is 0 Å². The molecule has 8 nitrogen and oxygen atoms in total. The van der Waals surface area contributed by atoms with Gasteiger partial charge in [-0.3, -0.25) is 9.78 Å². The van der Waals surface area contributed by atoms with Crippen molar-refractivity contribution in [1.82, 2.24) is 4.98 Å².